The van der Waals surface area contributed by atoms with Crippen LogP contribution in [-0.4, -0.2) is 63.5 Å². The van der Waals surface area contributed by atoms with E-state index in [0.29, 0.717) is 38.4 Å². The number of rotatable bonds is 20. The van der Waals surface area contributed by atoms with Crippen LogP contribution < -0.4 is 9.47 Å². The average Bonchev–Trinajstić information content (AvgIpc) is 3.51. The third-order valence-electron chi connectivity index (χ3n) is 6.51. The minimum absolute atomic E-state index is 0.0318. The summed E-state index contributed by atoms with van der Waals surface area (Å²) >= 11 is 2.47. The number of nitriles is 2. The molecule has 0 amide bonds. The number of aryl methyl sites for hydroxylation is 1. The minimum Gasteiger partial charge on any atom is -0.492 e. The van der Waals surface area contributed by atoms with E-state index in [1.807, 2.05) is 46.8 Å². The maximum Gasteiger partial charge on any atom is 0.330 e. The average molecular weight is 715 g/mol. The zero-order valence-corrected chi connectivity index (χ0v) is 30.1. The Bertz CT molecular complexity index is 1520. The van der Waals surface area contributed by atoms with E-state index in [-0.39, 0.29) is 58.1 Å². The van der Waals surface area contributed by atoms with Crippen molar-refractivity contribution in [1.82, 2.24) is 0 Å². The predicted octanol–water partition coefficient (Wildman–Crippen LogP) is 6.37. The number of fused-ring (bicyclic) bond motifs is 1. The van der Waals surface area contributed by atoms with Gasteiger partial charge in [-0.15, -0.1) is 0 Å². The van der Waals surface area contributed by atoms with Crippen LogP contribution in [0.3, 0.4) is 0 Å². The molecule has 1 aromatic carbocycles. The van der Waals surface area contributed by atoms with Crippen molar-refractivity contribution in [2.75, 3.05) is 39.6 Å². The molecule has 0 atom stereocenters. The molecule has 0 fully saturated rings. The molecule has 1 aromatic rings. The van der Waals surface area contributed by atoms with E-state index in [9.17, 15) is 29.7 Å². The Morgan fingerprint density at radius 1 is 0.755 bits per heavy atom. The van der Waals surface area contributed by atoms with Gasteiger partial charge in [-0.2, -0.15) is 10.5 Å². The van der Waals surface area contributed by atoms with Crippen LogP contribution in [0.4, 0.5) is 0 Å². The maximum atomic E-state index is 12.3. The highest BCUT2D eigenvalue weighted by molar-refractivity contribution is 8.24. The molecule has 0 N–H and O–H groups in total. The van der Waals surface area contributed by atoms with Gasteiger partial charge in [-0.3, -0.25) is 9.59 Å². The molecule has 0 saturated heterocycles. The van der Waals surface area contributed by atoms with Gasteiger partial charge in [-0.05, 0) is 31.4 Å². The fourth-order valence-electron chi connectivity index (χ4n) is 3.84. The fraction of sp³-hybridized carbons (Fsp3) is 0.486. The molecule has 49 heavy (non-hydrogen) atoms. The molecule has 2 rings (SSSR count). The number of esters is 4. The normalized spacial score (nSPS) is 12.0. The number of benzene rings is 1. The summed E-state index contributed by atoms with van der Waals surface area (Å²) in [7, 11) is 0. The number of ether oxygens (including phenoxy) is 6. The summed E-state index contributed by atoms with van der Waals surface area (Å²) in [5.74, 6) is -0.854. The first-order chi connectivity index (χ1) is 23.1. The molecule has 1 aliphatic rings. The number of hydrogen-bond donors (Lipinski definition) is 0. The summed E-state index contributed by atoms with van der Waals surface area (Å²) < 4.78 is 33.5. The second-order valence-electron chi connectivity index (χ2n) is 12.4. The van der Waals surface area contributed by atoms with Crippen LogP contribution in [0.1, 0.15) is 58.9 Å². The summed E-state index contributed by atoms with van der Waals surface area (Å²) in [6, 6.07) is 5.64. The molecule has 1 aliphatic heterocycles. The zero-order chi connectivity index (χ0) is 36.6. The maximum absolute atomic E-state index is 12.3. The van der Waals surface area contributed by atoms with Crippen LogP contribution in [0.5, 0.6) is 11.5 Å². The smallest absolute Gasteiger partial charge is 0.330 e. The van der Waals surface area contributed by atoms with Gasteiger partial charge in [-0.1, -0.05) is 64.4 Å². The van der Waals surface area contributed by atoms with Gasteiger partial charge >= 0.3 is 23.9 Å². The van der Waals surface area contributed by atoms with Crippen molar-refractivity contribution in [1.29, 1.82) is 10.5 Å². The van der Waals surface area contributed by atoms with E-state index in [4.69, 9.17) is 28.4 Å². The standard InChI is InChI=1S/C35H42N2O10S2/c1-8-26(38)44-19-34(4,5)21-46-28(40)12-10-14-42-25-16-23(3)30(32-31(25)48-33(49-32)24(17-36)18-37)43-15-11-13-29(41)47-22-35(6,7)20-45-27(39)9-2/h8-9,16H,1-2,10-15,19-22H2,3-7H3. The number of hydrogen-bond acceptors (Lipinski definition) is 14. The first kappa shape index (κ1) is 40.8. The first-order valence-corrected chi connectivity index (χ1v) is 17.0. The van der Waals surface area contributed by atoms with Gasteiger partial charge in [0.05, 0.1) is 53.7 Å². The Labute approximate surface area is 295 Å². The molecular formula is C35H42N2O10S2. The number of nitrogens with zero attached hydrogens (tertiary/aromatic N) is 2. The highest BCUT2D eigenvalue weighted by Gasteiger charge is 2.30. The first-order valence-electron chi connectivity index (χ1n) is 15.4. The lowest BCUT2D eigenvalue weighted by molar-refractivity contribution is -0.152. The molecule has 12 nitrogen and oxygen atoms in total. The third-order valence-corrected chi connectivity index (χ3v) is 9.12. The van der Waals surface area contributed by atoms with Crippen LogP contribution in [0.15, 0.2) is 51.0 Å². The number of allylic oxidation sites excluding steroid dienone is 1. The number of carbonyl (C=O) groups is 4. The van der Waals surface area contributed by atoms with Gasteiger partial charge in [0.2, 0.25) is 0 Å². The molecule has 0 radical (unpaired) electrons. The summed E-state index contributed by atoms with van der Waals surface area (Å²) in [4.78, 5) is 48.7. The van der Waals surface area contributed by atoms with Crippen molar-refractivity contribution < 1.29 is 47.6 Å². The van der Waals surface area contributed by atoms with Crippen LogP contribution >= 0.6 is 23.5 Å². The Balaban J connectivity index is 1.97. The molecule has 1 heterocycles. The van der Waals surface area contributed by atoms with Crippen LogP contribution in [0, 0.1) is 40.4 Å². The highest BCUT2D eigenvalue weighted by atomic mass is 32.2. The second kappa shape index (κ2) is 19.6. The summed E-state index contributed by atoms with van der Waals surface area (Å²) in [5.41, 5.74) is -0.418. The van der Waals surface area contributed by atoms with Crippen molar-refractivity contribution >= 4 is 47.4 Å². The zero-order valence-electron chi connectivity index (χ0n) is 28.5. The minimum atomic E-state index is -0.566. The molecule has 0 unspecified atom stereocenters. The predicted molar refractivity (Wildman–Crippen MR) is 182 cm³/mol. The lowest BCUT2D eigenvalue weighted by Gasteiger charge is -2.23. The van der Waals surface area contributed by atoms with E-state index >= 15 is 0 Å². The summed E-state index contributed by atoms with van der Waals surface area (Å²) in [6.07, 6.45) is 3.09. The van der Waals surface area contributed by atoms with Crippen LogP contribution in [0.2, 0.25) is 0 Å². The van der Waals surface area contributed by atoms with Gasteiger partial charge in [0.25, 0.3) is 0 Å². The molecule has 0 spiro atoms. The van der Waals surface area contributed by atoms with Crippen molar-refractivity contribution in [2.45, 2.75) is 70.1 Å². The van der Waals surface area contributed by atoms with E-state index in [2.05, 4.69) is 13.2 Å². The quantitative estimate of drug-likeness (QED) is 0.0480. The van der Waals surface area contributed by atoms with Crippen molar-refractivity contribution in [2.24, 2.45) is 10.8 Å². The highest BCUT2D eigenvalue weighted by Crippen LogP contribution is 2.59. The van der Waals surface area contributed by atoms with Crippen LogP contribution in [-0.2, 0) is 38.1 Å². The second-order valence-corrected chi connectivity index (χ2v) is 14.7. The van der Waals surface area contributed by atoms with Gasteiger partial charge < -0.3 is 28.4 Å². The van der Waals surface area contributed by atoms with Crippen LogP contribution in [0.25, 0.3) is 0 Å². The number of thioether (sulfide) groups is 2. The van der Waals surface area contributed by atoms with E-state index in [0.717, 1.165) is 17.7 Å². The molecule has 0 aromatic heterocycles. The molecule has 0 aliphatic carbocycles. The topological polar surface area (TPSA) is 171 Å². The Kier molecular flexibility index (Phi) is 16.3. The lowest BCUT2D eigenvalue weighted by atomic mass is 9.96. The van der Waals surface area contributed by atoms with Crippen molar-refractivity contribution in [3.8, 4) is 23.6 Å². The van der Waals surface area contributed by atoms with E-state index in [1.165, 1.54) is 23.5 Å². The molecule has 264 valence electrons. The van der Waals surface area contributed by atoms with Crippen molar-refractivity contribution in [3.63, 3.8) is 0 Å². The molecule has 14 heteroatoms. The van der Waals surface area contributed by atoms with Crippen molar-refractivity contribution in [3.05, 3.63) is 46.8 Å². The van der Waals surface area contributed by atoms with Gasteiger partial charge in [0.1, 0.15) is 29.2 Å². The Morgan fingerprint density at radius 3 is 1.67 bits per heavy atom. The monoisotopic (exact) mass is 714 g/mol. The molecule has 0 bridgehead atoms. The molecular weight excluding hydrogens is 673 g/mol. The summed E-state index contributed by atoms with van der Waals surface area (Å²) in [6.45, 7) is 16.5. The largest absolute Gasteiger partial charge is 0.492 e. The molecule has 0 saturated carbocycles. The van der Waals surface area contributed by atoms with E-state index < -0.39 is 34.7 Å². The third kappa shape index (κ3) is 13.9. The van der Waals surface area contributed by atoms with Gasteiger partial charge in [-0.25, -0.2) is 9.59 Å². The summed E-state index contributed by atoms with van der Waals surface area (Å²) in [5, 5.41) is 18.9. The van der Waals surface area contributed by atoms with Gasteiger partial charge in [0.15, 0.2) is 0 Å². The SMILES string of the molecule is C=CC(=O)OCC(C)(C)COC(=O)CCCOc1cc(C)c(OCCCC(=O)OCC(C)(C)COC(=O)C=C)c2c1SC(=C(C#N)C#N)S2. The van der Waals surface area contributed by atoms with Gasteiger partial charge in [0, 0.05) is 35.8 Å². The lowest BCUT2D eigenvalue weighted by Crippen LogP contribution is -2.28. The Morgan fingerprint density at radius 2 is 1.20 bits per heavy atom. The Hall–Kier alpha value is -4.40. The van der Waals surface area contributed by atoms with E-state index in [1.54, 1.807) is 6.07 Å². The fourth-order valence-corrected chi connectivity index (χ4v) is 6.43. The number of carbonyl (C=O) groups excluding carboxylic acids is 4.